The van der Waals surface area contributed by atoms with Gasteiger partial charge in [0.15, 0.2) is 0 Å². The molecule has 0 saturated carbocycles. The van der Waals surface area contributed by atoms with Crippen molar-refractivity contribution in [2.75, 3.05) is 19.4 Å². The van der Waals surface area contributed by atoms with E-state index in [2.05, 4.69) is 0 Å². The zero-order chi connectivity index (χ0) is 15.9. The number of hydrogen-bond acceptors (Lipinski definition) is 4. The lowest BCUT2D eigenvalue weighted by atomic mass is 10.2. The van der Waals surface area contributed by atoms with Crippen LogP contribution in [0.1, 0.15) is 25.6 Å². The fourth-order valence-corrected chi connectivity index (χ4v) is 2.80. The van der Waals surface area contributed by atoms with Gasteiger partial charge in [-0.25, -0.2) is 0 Å². The van der Waals surface area contributed by atoms with E-state index in [0.29, 0.717) is 12.4 Å². The first-order valence-corrected chi connectivity index (χ1v) is 8.25. The molecular weight excluding hydrogens is 298 g/mol. The first-order chi connectivity index (χ1) is 10.6. The predicted molar refractivity (Wildman–Crippen MR) is 88.2 cm³/mol. The van der Waals surface area contributed by atoms with Crippen LogP contribution >= 0.6 is 11.8 Å². The van der Waals surface area contributed by atoms with Gasteiger partial charge in [0, 0.05) is 11.9 Å². The smallest absolute Gasteiger partial charge is 0.233 e. The summed E-state index contributed by atoms with van der Waals surface area (Å²) >= 11 is 1.52. The minimum Gasteiger partial charge on any atom is -0.494 e. The molecule has 0 fully saturated rings. The van der Waals surface area contributed by atoms with Crippen LogP contribution < -0.4 is 4.74 Å². The third-order valence-corrected chi connectivity index (χ3v) is 4.42. The van der Waals surface area contributed by atoms with Crippen molar-refractivity contribution in [3.05, 3.63) is 48.4 Å². The van der Waals surface area contributed by atoms with Crippen LogP contribution in [0, 0.1) is 0 Å². The molecule has 5 heteroatoms. The van der Waals surface area contributed by atoms with Crippen molar-refractivity contribution in [1.82, 2.24) is 4.90 Å². The summed E-state index contributed by atoms with van der Waals surface area (Å²) in [5, 5.41) is 0. The van der Waals surface area contributed by atoms with Crippen molar-refractivity contribution in [3.8, 4) is 5.75 Å². The third kappa shape index (κ3) is 4.31. The van der Waals surface area contributed by atoms with Gasteiger partial charge in [-0.2, -0.15) is 0 Å². The molecule has 2 aromatic rings. The topological polar surface area (TPSA) is 42.7 Å². The Balaban J connectivity index is 1.86. The van der Waals surface area contributed by atoms with Crippen molar-refractivity contribution >= 4 is 17.7 Å². The van der Waals surface area contributed by atoms with Gasteiger partial charge < -0.3 is 14.1 Å². The molecule has 1 atom stereocenters. The Labute approximate surface area is 135 Å². The molecule has 1 amide bonds. The van der Waals surface area contributed by atoms with E-state index in [1.807, 2.05) is 50.2 Å². The van der Waals surface area contributed by atoms with Gasteiger partial charge in [-0.3, -0.25) is 4.79 Å². The maximum absolute atomic E-state index is 12.3. The summed E-state index contributed by atoms with van der Waals surface area (Å²) in [6, 6.07) is 11.4. The second-order valence-electron chi connectivity index (χ2n) is 4.89. The SMILES string of the molecule is CCOc1ccc(SCC(=O)N(C)C(C)c2ccco2)cc1. The summed E-state index contributed by atoms with van der Waals surface area (Å²) in [6.07, 6.45) is 1.62. The fraction of sp³-hybridized carbons (Fsp3) is 0.353. The molecule has 1 aromatic carbocycles. The summed E-state index contributed by atoms with van der Waals surface area (Å²) < 4.78 is 10.8. The molecule has 0 saturated heterocycles. The molecule has 0 aliphatic heterocycles. The van der Waals surface area contributed by atoms with Crippen LogP contribution in [-0.4, -0.2) is 30.2 Å². The van der Waals surface area contributed by atoms with Crippen molar-refractivity contribution in [2.24, 2.45) is 0 Å². The molecular formula is C17H21NO3S. The number of thioether (sulfide) groups is 1. The minimum absolute atomic E-state index is 0.0663. The Kier molecular flexibility index (Phi) is 5.95. The average Bonchev–Trinajstić information content (AvgIpc) is 3.07. The lowest BCUT2D eigenvalue weighted by molar-refractivity contribution is -0.129. The first kappa shape index (κ1) is 16.5. The van der Waals surface area contributed by atoms with Gasteiger partial charge in [0.25, 0.3) is 0 Å². The molecule has 0 bridgehead atoms. The highest BCUT2D eigenvalue weighted by molar-refractivity contribution is 8.00. The van der Waals surface area contributed by atoms with Gasteiger partial charge in [0.05, 0.1) is 24.7 Å². The Morgan fingerprint density at radius 2 is 2.05 bits per heavy atom. The lowest BCUT2D eigenvalue weighted by Crippen LogP contribution is -2.30. The van der Waals surface area contributed by atoms with Crippen LogP contribution in [0.5, 0.6) is 5.75 Å². The maximum Gasteiger partial charge on any atom is 0.233 e. The van der Waals surface area contributed by atoms with E-state index in [1.165, 1.54) is 11.8 Å². The Morgan fingerprint density at radius 1 is 1.32 bits per heavy atom. The van der Waals surface area contributed by atoms with Crippen molar-refractivity contribution in [1.29, 1.82) is 0 Å². The Hall–Kier alpha value is -1.88. The molecule has 22 heavy (non-hydrogen) atoms. The van der Waals surface area contributed by atoms with E-state index in [1.54, 1.807) is 18.2 Å². The second-order valence-corrected chi connectivity index (χ2v) is 5.94. The molecule has 2 rings (SSSR count). The van der Waals surface area contributed by atoms with Crippen LogP contribution in [0.15, 0.2) is 52.0 Å². The number of carbonyl (C=O) groups excluding carboxylic acids is 1. The van der Waals surface area contributed by atoms with Gasteiger partial charge in [-0.05, 0) is 50.2 Å². The fourth-order valence-electron chi connectivity index (χ4n) is 1.98. The molecule has 1 heterocycles. The number of amides is 1. The normalized spacial score (nSPS) is 12.0. The Bertz CT molecular complexity index is 580. The van der Waals surface area contributed by atoms with Crippen LogP contribution in [-0.2, 0) is 4.79 Å². The number of furan rings is 1. The largest absolute Gasteiger partial charge is 0.494 e. The quantitative estimate of drug-likeness (QED) is 0.724. The Morgan fingerprint density at radius 3 is 2.64 bits per heavy atom. The highest BCUT2D eigenvalue weighted by atomic mass is 32.2. The zero-order valence-corrected chi connectivity index (χ0v) is 13.9. The molecule has 0 N–H and O–H groups in total. The number of ether oxygens (including phenoxy) is 1. The summed E-state index contributed by atoms with van der Waals surface area (Å²) in [6.45, 7) is 4.57. The zero-order valence-electron chi connectivity index (χ0n) is 13.1. The molecule has 1 aromatic heterocycles. The highest BCUT2D eigenvalue weighted by Gasteiger charge is 2.19. The van der Waals surface area contributed by atoms with Gasteiger partial charge >= 0.3 is 0 Å². The monoisotopic (exact) mass is 319 g/mol. The van der Waals surface area contributed by atoms with Gasteiger partial charge in [-0.15, -0.1) is 11.8 Å². The number of nitrogens with zero attached hydrogens (tertiary/aromatic N) is 1. The summed E-state index contributed by atoms with van der Waals surface area (Å²) in [4.78, 5) is 15.0. The molecule has 0 radical (unpaired) electrons. The third-order valence-electron chi connectivity index (χ3n) is 3.43. The van der Waals surface area contributed by atoms with Crippen molar-refractivity contribution in [3.63, 3.8) is 0 Å². The molecule has 0 aliphatic carbocycles. The molecule has 0 spiro atoms. The number of hydrogen-bond donors (Lipinski definition) is 0. The number of carbonyl (C=O) groups is 1. The number of benzene rings is 1. The maximum atomic E-state index is 12.3. The van der Waals surface area contributed by atoms with Gasteiger partial charge in [0.1, 0.15) is 11.5 Å². The van der Waals surface area contributed by atoms with Gasteiger partial charge in [-0.1, -0.05) is 0 Å². The van der Waals surface area contributed by atoms with Crippen molar-refractivity contribution < 1.29 is 13.9 Å². The van der Waals surface area contributed by atoms with E-state index in [9.17, 15) is 4.79 Å². The molecule has 0 aliphatic rings. The van der Waals surface area contributed by atoms with Gasteiger partial charge in [0.2, 0.25) is 5.91 Å². The number of rotatable bonds is 7. The van der Waals surface area contributed by atoms with E-state index < -0.39 is 0 Å². The van der Waals surface area contributed by atoms with Crippen LogP contribution in [0.4, 0.5) is 0 Å². The van der Waals surface area contributed by atoms with Crippen LogP contribution in [0.25, 0.3) is 0 Å². The van der Waals surface area contributed by atoms with E-state index in [4.69, 9.17) is 9.15 Å². The van der Waals surface area contributed by atoms with Crippen LogP contribution in [0.2, 0.25) is 0 Å². The summed E-state index contributed by atoms with van der Waals surface area (Å²) in [7, 11) is 1.80. The molecule has 118 valence electrons. The first-order valence-electron chi connectivity index (χ1n) is 7.26. The van der Waals surface area contributed by atoms with E-state index >= 15 is 0 Å². The van der Waals surface area contributed by atoms with E-state index in [-0.39, 0.29) is 11.9 Å². The molecule has 4 nitrogen and oxygen atoms in total. The lowest BCUT2D eigenvalue weighted by Gasteiger charge is -2.23. The van der Waals surface area contributed by atoms with E-state index in [0.717, 1.165) is 16.4 Å². The average molecular weight is 319 g/mol. The standard InChI is InChI=1S/C17H21NO3S/c1-4-20-14-7-9-15(10-8-14)22-12-17(19)18(3)13(2)16-6-5-11-21-16/h5-11,13H,4,12H2,1-3H3. The second kappa shape index (κ2) is 7.94. The minimum atomic E-state index is -0.0663. The predicted octanol–water partition coefficient (Wildman–Crippen LogP) is 3.99. The summed E-state index contributed by atoms with van der Waals surface area (Å²) in [5.41, 5.74) is 0. The summed E-state index contributed by atoms with van der Waals surface area (Å²) in [5.74, 6) is 2.11. The highest BCUT2D eigenvalue weighted by Crippen LogP contribution is 2.24. The molecule has 1 unspecified atom stereocenters. The van der Waals surface area contributed by atoms with Crippen molar-refractivity contribution in [2.45, 2.75) is 24.8 Å². The van der Waals surface area contributed by atoms with Crippen LogP contribution in [0.3, 0.4) is 0 Å².